The summed E-state index contributed by atoms with van der Waals surface area (Å²) in [5.41, 5.74) is 2.66. The minimum absolute atomic E-state index is 0.144. The molecule has 0 saturated heterocycles. The second-order valence-corrected chi connectivity index (χ2v) is 10.2. The van der Waals surface area contributed by atoms with Gasteiger partial charge in [0.1, 0.15) is 11.6 Å². The molecule has 0 fully saturated rings. The first kappa shape index (κ1) is 23.7. The first-order chi connectivity index (χ1) is 14.7. The number of esters is 1. The predicted octanol–water partition coefficient (Wildman–Crippen LogP) is 6.84. The molecular weight excluding hydrogens is 518 g/mol. The van der Waals surface area contributed by atoms with Gasteiger partial charge in [0.25, 0.3) is 0 Å². The summed E-state index contributed by atoms with van der Waals surface area (Å²) in [6, 6.07) is 25.7. The fraction of sp³-hybridized carbons (Fsp3) is 0.269. The largest absolute Gasteiger partial charge is 0.459 e. The molecule has 0 saturated carbocycles. The van der Waals surface area contributed by atoms with Crippen LogP contribution in [0.1, 0.15) is 43.5 Å². The fourth-order valence-electron chi connectivity index (χ4n) is 3.37. The minimum Gasteiger partial charge on any atom is -0.459 e. The maximum Gasteiger partial charge on any atom is 0.324 e. The average molecular weight is 545 g/mol. The topological polar surface area (TPSA) is 38.3 Å². The van der Waals surface area contributed by atoms with Crippen molar-refractivity contribution in [1.29, 1.82) is 0 Å². The van der Waals surface area contributed by atoms with E-state index in [9.17, 15) is 4.79 Å². The third-order valence-corrected chi connectivity index (χ3v) is 6.00. The summed E-state index contributed by atoms with van der Waals surface area (Å²) in [5.74, 6) is -0.265. The van der Waals surface area contributed by atoms with Gasteiger partial charge in [0.2, 0.25) is 0 Å². The molecule has 3 aromatic carbocycles. The number of nitrogens with one attached hydrogen (secondary N) is 1. The molecule has 3 rings (SSSR count). The fourth-order valence-corrected chi connectivity index (χ4v) is 4.58. The molecule has 0 aliphatic heterocycles. The molecule has 0 heterocycles. The Kier molecular flexibility index (Phi) is 8.09. The minimum atomic E-state index is -0.567. The molecule has 0 amide bonds. The number of benzene rings is 3. The number of carbonyl (C=O) groups excluding carboxylic acids is 1. The molecule has 3 nitrogen and oxygen atoms in total. The molecular formula is C26H27Br2NO2. The van der Waals surface area contributed by atoms with Gasteiger partial charge in [0, 0.05) is 8.95 Å². The summed E-state index contributed by atoms with van der Waals surface area (Å²) >= 11 is 7.13. The van der Waals surface area contributed by atoms with E-state index in [2.05, 4.69) is 61.4 Å². The third-order valence-electron chi connectivity index (χ3n) is 4.76. The van der Waals surface area contributed by atoms with Crippen molar-refractivity contribution in [2.24, 2.45) is 0 Å². The molecule has 1 atom stereocenters. The standard InChI is InChI=1S/C26H27Br2NO2/c1-26(2,3)31-25(30)23(16-20-14-15-21(27)17-22(20)28)29-24(18-10-6-4-7-11-18)19-12-8-5-9-13-19/h4-15,17,23-24,29H,16H2,1-3H3/t23-/m0/s1. The van der Waals surface area contributed by atoms with E-state index in [1.807, 2.05) is 75.4 Å². The Morgan fingerprint density at radius 1 is 0.903 bits per heavy atom. The Labute approximate surface area is 201 Å². The highest BCUT2D eigenvalue weighted by molar-refractivity contribution is 9.11. The Morgan fingerprint density at radius 2 is 1.45 bits per heavy atom. The van der Waals surface area contributed by atoms with Crippen molar-refractivity contribution in [3.8, 4) is 0 Å². The van der Waals surface area contributed by atoms with Crippen molar-refractivity contribution in [3.63, 3.8) is 0 Å². The highest BCUT2D eigenvalue weighted by atomic mass is 79.9. The summed E-state index contributed by atoms with van der Waals surface area (Å²) < 4.78 is 7.72. The quantitative estimate of drug-likeness (QED) is 0.331. The Morgan fingerprint density at radius 3 is 1.94 bits per heavy atom. The van der Waals surface area contributed by atoms with Gasteiger partial charge in [-0.1, -0.05) is 98.6 Å². The molecule has 0 radical (unpaired) electrons. The number of rotatable bonds is 7. The maximum absolute atomic E-state index is 13.2. The lowest BCUT2D eigenvalue weighted by Crippen LogP contribution is -2.44. The molecule has 0 bridgehead atoms. The van der Waals surface area contributed by atoms with Crippen LogP contribution in [0.15, 0.2) is 87.8 Å². The van der Waals surface area contributed by atoms with Crippen LogP contribution >= 0.6 is 31.9 Å². The van der Waals surface area contributed by atoms with Crippen LogP contribution in [0, 0.1) is 0 Å². The van der Waals surface area contributed by atoms with E-state index in [0.717, 1.165) is 25.6 Å². The van der Waals surface area contributed by atoms with Gasteiger partial charge in [0.05, 0.1) is 6.04 Å². The van der Waals surface area contributed by atoms with Crippen LogP contribution in [0.3, 0.4) is 0 Å². The molecule has 3 aromatic rings. The summed E-state index contributed by atoms with van der Waals surface area (Å²) in [7, 11) is 0. The van der Waals surface area contributed by atoms with Crippen molar-refractivity contribution in [2.75, 3.05) is 0 Å². The summed E-state index contributed by atoms with van der Waals surface area (Å²) in [6.45, 7) is 5.68. The van der Waals surface area contributed by atoms with Gasteiger partial charge in [-0.05, 0) is 56.0 Å². The van der Waals surface area contributed by atoms with Gasteiger partial charge in [-0.3, -0.25) is 10.1 Å². The van der Waals surface area contributed by atoms with Gasteiger partial charge in [-0.25, -0.2) is 0 Å². The number of carbonyl (C=O) groups is 1. The summed E-state index contributed by atoms with van der Waals surface area (Å²) in [4.78, 5) is 13.2. The smallest absolute Gasteiger partial charge is 0.324 e. The van der Waals surface area contributed by atoms with E-state index in [0.29, 0.717) is 6.42 Å². The molecule has 31 heavy (non-hydrogen) atoms. The Balaban J connectivity index is 1.96. The van der Waals surface area contributed by atoms with Crippen LogP contribution in [0.5, 0.6) is 0 Å². The zero-order valence-electron chi connectivity index (χ0n) is 17.9. The highest BCUT2D eigenvalue weighted by Crippen LogP contribution is 2.27. The number of halogens is 2. The molecule has 0 spiro atoms. The Bertz CT molecular complexity index is 961. The van der Waals surface area contributed by atoms with Gasteiger partial charge < -0.3 is 4.74 Å². The number of hydrogen-bond acceptors (Lipinski definition) is 3. The molecule has 0 aliphatic rings. The van der Waals surface area contributed by atoms with Crippen LogP contribution in [-0.2, 0) is 16.0 Å². The summed E-state index contributed by atoms with van der Waals surface area (Å²) in [6.07, 6.45) is 0.499. The second-order valence-electron chi connectivity index (χ2n) is 8.45. The number of hydrogen-bond donors (Lipinski definition) is 1. The van der Waals surface area contributed by atoms with E-state index in [-0.39, 0.29) is 12.0 Å². The van der Waals surface area contributed by atoms with Crippen molar-refractivity contribution >= 4 is 37.8 Å². The third kappa shape index (κ3) is 7.03. The molecule has 0 unspecified atom stereocenters. The molecule has 0 aliphatic carbocycles. The lowest BCUT2D eigenvalue weighted by molar-refractivity contribution is -0.157. The molecule has 0 aromatic heterocycles. The zero-order chi connectivity index (χ0) is 22.4. The average Bonchev–Trinajstić information content (AvgIpc) is 2.72. The lowest BCUT2D eigenvalue weighted by Gasteiger charge is -2.29. The van der Waals surface area contributed by atoms with Crippen molar-refractivity contribution in [3.05, 3.63) is 104 Å². The van der Waals surface area contributed by atoms with Gasteiger partial charge in [0.15, 0.2) is 0 Å². The highest BCUT2D eigenvalue weighted by Gasteiger charge is 2.29. The lowest BCUT2D eigenvalue weighted by atomic mass is 9.96. The first-order valence-electron chi connectivity index (χ1n) is 10.3. The zero-order valence-corrected chi connectivity index (χ0v) is 21.1. The van der Waals surface area contributed by atoms with E-state index in [1.54, 1.807) is 0 Å². The van der Waals surface area contributed by atoms with E-state index in [4.69, 9.17) is 4.74 Å². The first-order valence-corrected chi connectivity index (χ1v) is 11.8. The van der Waals surface area contributed by atoms with E-state index in [1.165, 1.54) is 0 Å². The summed E-state index contributed by atoms with van der Waals surface area (Å²) in [5, 5.41) is 3.59. The van der Waals surface area contributed by atoms with Crippen molar-refractivity contribution in [1.82, 2.24) is 5.32 Å². The van der Waals surface area contributed by atoms with E-state index >= 15 is 0 Å². The van der Waals surface area contributed by atoms with Gasteiger partial charge >= 0.3 is 5.97 Å². The van der Waals surface area contributed by atoms with Crippen molar-refractivity contribution in [2.45, 2.75) is 44.9 Å². The molecule has 1 N–H and O–H groups in total. The van der Waals surface area contributed by atoms with Crippen molar-refractivity contribution < 1.29 is 9.53 Å². The second kappa shape index (κ2) is 10.6. The van der Waals surface area contributed by atoms with Crippen LogP contribution in [0.25, 0.3) is 0 Å². The SMILES string of the molecule is CC(C)(C)OC(=O)[C@H](Cc1ccc(Br)cc1Br)NC(c1ccccc1)c1ccccc1. The monoisotopic (exact) mass is 543 g/mol. The van der Waals surface area contributed by atoms with E-state index < -0.39 is 11.6 Å². The number of ether oxygens (including phenoxy) is 1. The molecule has 5 heteroatoms. The van der Waals surface area contributed by atoms with Crippen LogP contribution in [0.2, 0.25) is 0 Å². The van der Waals surface area contributed by atoms with Crippen LogP contribution in [-0.4, -0.2) is 17.6 Å². The maximum atomic E-state index is 13.2. The predicted molar refractivity (Wildman–Crippen MR) is 133 cm³/mol. The van der Waals surface area contributed by atoms with Gasteiger partial charge in [-0.2, -0.15) is 0 Å². The van der Waals surface area contributed by atoms with Gasteiger partial charge in [-0.15, -0.1) is 0 Å². The normalized spacial score (nSPS) is 12.6. The Hall–Kier alpha value is -1.95. The van der Waals surface area contributed by atoms with Crippen LogP contribution in [0.4, 0.5) is 0 Å². The van der Waals surface area contributed by atoms with Crippen LogP contribution < -0.4 is 5.32 Å². The molecule has 162 valence electrons.